The summed E-state index contributed by atoms with van der Waals surface area (Å²) in [5.74, 6) is 0.823. The normalized spacial score (nSPS) is 10.9. The van der Waals surface area contributed by atoms with Crippen molar-refractivity contribution < 1.29 is 13.9 Å². The minimum absolute atomic E-state index is 0.0188. The van der Waals surface area contributed by atoms with E-state index >= 15 is 0 Å². The summed E-state index contributed by atoms with van der Waals surface area (Å²) in [7, 11) is 1.67. The molecule has 1 amide bonds. The smallest absolute Gasteiger partial charge is 0.234 e. The molecular weight excluding hydrogens is 352 g/mol. The lowest BCUT2D eigenvalue weighted by atomic mass is 10.1. The topological polar surface area (TPSA) is 54.7 Å². The molecule has 0 unspecified atom stereocenters. The molecule has 28 heavy (non-hydrogen) atoms. The van der Waals surface area contributed by atoms with Crippen LogP contribution in [-0.2, 0) is 35.8 Å². The third-order valence-corrected chi connectivity index (χ3v) is 4.47. The fraction of sp³-hybridized carbons (Fsp3) is 0.261. The summed E-state index contributed by atoms with van der Waals surface area (Å²) in [6.45, 7) is 2.57. The number of methoxy groups -OCH3 is 1. The zero-order valence-electron chi connectivity index (χ0n) is 16.1. The van der Waals surface area contributed by atoms with Crippen molar-refractivity contribution in [2.24, 2.45) is 0 Å². The lowest BCUT2D eigenvalue weighted by Gasteiger charge is -2.21. The Morgan fingerprint density at radius 1 is 0.964 bits per heavy atom. The van der Waals surface area contributed by atoms with Crippen LogP contribution in [0.1, 0.15) is 22.5 Å². The highest BCUT2D eigenvalue weighted by Gasteiger charge is 2.14. The van der Waals surface area contributed by atoms with Crippen molar-refractivity contribution in [3.63, 3.8) is 0 Å². The Labute approximate surface area is 165 Å². The molecule has 0 aliphatic carbocycles. The van der Waals surface area contributed by atoms with Gasteiger partial charge < -0.3 is 14.5 Å². The third kappa shape index (κ3) is 6.08. The molecule has 1 N–H and O–H groups in total. The summed E-state index contributed by atoms with van der Waals surface area (Å²) in [6.07, 6.45) is 1.66. The van der Waals surface area contributed by atoms with E-state index in [1.165, 1.54) is 0 Å². The first-order valence-corrected chi connectivity index (χ1v) is 9.35. The van der Waals surface area contributed by atoms with Gasteiger partial charge in [-0.2, -0.15) is 0 Å². The highest BCUT2D eigenvalue weighted by Crippen LogP contribution is 2.12. The molecule has 0 atom stereocenters. The molecule has 3 aromatic rings. The van der Waals surface area contributed by atoms with Crippen LogP contribution in [-0.4, -0.2) is 24.5 Å². The molecule has 2 aromatic carbocycles. The average molecular weight is 378 g/mol. The first kappa shape index (κ1) is 19.9. The Morgan fingerprint density at radius 3 is 2.43 bits per heavy atom. The Hall–Kier alpha value is -2.89. The van der Waals surface area contributed by atoms with Crippen molar-refractivity contribution in [1.29, 1.82) is 0 Å². The first-order valence-electron chi connectivity index (χ1n) is 9.35. The fourth-order valence-corrected chi connectivity index (χ4v) is 3.11. The van der Waals surface area contributed by atoms with Crippen molar-refractivity contribution in [1.82, 2.24) is 10.2 Å². The van der Waals surface area contributed by atoms with Crippen LogP contribution >= 0.6 is 0 Å². The molecule has 0 aliphatic rings. The van der Waals surface area contributed by atoms with E-state index < -0.39 is 0 Å². The van der Waals surface area contributed by atoms with E-state index in [2.05, 4.69) is 22.3 Å². The Bertz CT molecular complexity index is 847. The number of amides is 1. The highest BCUT2D eigenvalue weighted by atomic mass is 16.5. The number of hydrogen-bond acceptors (Lipinski definition) is 4. The quantitative estimate of drug-likeness (QED) is 0.584. The molecule has 0 fully saturated rings. The van der Waals surface area contributed by atoms with Gasteiger partial charge in [0.2, 0.25) is 5.91 Å². The van der Waals surface area contributed by atoms with E-state index in [4.69, 9.17) is 9.15 Å². The zero-order chi connectivity index (χ0) is 19.6. The van der Waals surface area contributed by atoms with Gasteiger partial charge in [-0.05, 0) is 28.8 Å². The summed E-state index contributed by atoms with van der Waals surface area (Å²) in [6, 6.07) is 21.9. The van der Waals surface area contributed by atoms with Gasteiger partial charge in [0.15, 0.2) is 0 Å². The molecule has 0 spiro atoms. The van der Waals surface area contributed by atoms with Crippen molar-refractivity contribution in [3.8, 4) is 0 Å². The SMILES string of the molecule is COCc1ccccc1CNC(=O)CN(Cc1ccccc1)Cc1ccco1. The zero-order valence-corrected chi connectivity index (χ0v) is 16.1. The molecule has 146 valence electrons. The van der Waals surface area contributed by atoms with Crippen LogP contribution in [0.25, 0.3) is 0 Å². The number of nitrogens with one attached hydrogen (secondary N) is 1. The summed E-state index contributed by atoms with van der Waals surface area (Å²) in [4.78, 5) is 14.7. The van der Waals surface area contributed by atoms with Crippen LogP contribution in [0.4, 0.5) is 0 Å². The highest BCUT2D eigenvalue weighted by molar-refractivity contribution is 5.78. The molecule has 1 aromatic heterocycles. The van der Waals surface area contributed by atoms with E-state index in [9.17, 15) is 4.79 Å². The van der Waals surface area contributed by atoms with Gasteiger partial charge in [0, 0.05) is 20.2 Å². The average Bonchev–Trinajstić information content (AvgIpc) is 3.21. The van der Waals surface area contributed by atoms with E-state index in [0.717, 1.165) is 22.5 Å². The lowest BCUT2D eigenvalue weighted by molar-refractivity contribution is -0.122. The number of ether oxygens (including phenoxy) is 1. The van der Waals surface area contributed by atoms with Gasteiger partial charge in [0.1, 0.15) is 5.76 Å². The maximum Gasteiger partial charge on any atom is 0.234 e. The van der Waals surface area contributed by atoms with Gasteiger partial charge in [0.05, 0.1) is 26.0 Å². The van der Waals surface area contributed by atoms with E-state index in [-0.39, 0.29) is 5.91 Å². The number of carbonyl (C=O) groups excluding carboxylic acids is 1. The largest absolute Gasteiger partial charge is 0.468 e. The second kappa shape index (κ2) is 10.4. The number of benzene rings is 2. The molecule has 0 aliphatic heterocycles. The van der Waals surface area contributed by atoms with E-state index in [1.54, 1.807) is 13.4 Å². The van der Waals surface area contributed by atoms with Gasteiger partial charge >= 0.3 is 0 Å². The fourth-order valence-electron chi connectivity index (χ4n) is 3.11. The number of rotatable bonds is 10. The summed E-state index contributed by atoms with van der Waals surface area (Å²) >= 11 is 0. The predicted octanol–water partition coefficient (Wildman–Crippen LogP) is 3.74. The molecule has 0 saturated heterocycles. The molecule has 0 radical (unpaired) electrons. The van der Waals surface area contributed by atoms with Crippen molar-refractivity contribution in [3.05, 3.63) is 95.4 Å². The van der Waals surface area contributed by atoms with E-state index in [1.807, 2.05) is 54.6 Å². The molecule has 5 heteroatoms. The second-order valence-electron chi connectivity index (χ2n) is 6.69. The van der Waals surface area contributed by atoms with Gasteiger partial charge in [0.25, 0.3) is 0 Å². The van der Waals surface area contributed by atoms with Crippen molar-refractivity contribution >= 4 is 5.91 Å². The Kier molecular flexibility index (Phi) is 7.41. The van der Waals surface area contributed by atoms with Crippen LogP contribution in [0.15, 0.2) is 77.4 Å². The van der Waals surface area contributed by atoms with Gasteiger partial charge in [-0.1, -0.05) is 54.6 Å². The minimum atomic E-state index is -0.0188. The van der Waals surface area contributed by atoms with Gasteiger partial charge in [-0.3, -0.25) is 9.69 Å². The molecule has 0 bridgehead atoms. The minimum Gasteiger partial charge on any atom is -0.468 e. The third-order valence-electron chi connectivity index (χ3n) is 4.47. The van der Waals surface area contributed by atoms with Crippen molar-refractivity contribution in [2.75, 3.05) is 13.7 Å². The van der Waals surface area contributed by atoms with Gasteiger partial charge in [-0.15, -0.1) is 0 Å². The molecule has 1 heterocycles. The molecular formula is C23H26N2O3. The maximum atomic E-state index is 12.6. The summed E-state index contributed by atoms with van der Waals surface area (Å²) in [5.41, 5.74) is 3.31. The Morgan fingerprint density at radius 2 is 1.71 bits per heavy atom. The molecule has 3 rings (SSSR count). The standard InChI is InChI=1S/C23H26N2O3/c1-27-18-21-11-6-5-10-20(21)14-24-23(26)17-25(16-22-12-7-13-28-22)15-19-8-3-2-4-9-19/h2-13H,14-18H2,1H3,(H,24,26). The maximum absolute atomic E-state index is 12.6. The second-order valence-corrected chi connectivity index (χ2v) is 6.69. The number of furan rings is 1. The number of carbonyl (C=O) groups is 1. The molecule has 5 nitrogen and oxygen atoms in total. The first-order chi connectivity index (χ1) is 13.7. The van der Waals surface area contributed by atoms with Gasteiger partial charge in [-0.25, -0.2) is 0 Å². The Balaban J connectivity index is 1.60. The number of hydrogen-bond donors (Lipinski definition) is 1. The molecule has 0 saturated carbocycles. The van der Waals surface area contributed by atoms with Crippen molar-refractivity contribution in [2.45, 2.75) is 26.2 Å². The van der Waals surface area contributed by atoms with Crippen LogP contribution in [0.3, 0.4) is 0 Å². The van der Waals surface area contributed by atoms with Crippen LogP contribution < -0.4 is 5.32 Å². The number of nitrogens with zero attached hydrogens (tertiary/aromatic N) is 1. The predicted molar refractivity (Wildman–Crippen MR) is 108 cm³/mol. The van der Waals surface area contributed by atoms with Crippen LogP contribution in [0.2, 0.25) is 0 Å². The monoisotopic (exact) mass is 378 g/mol. The lowest BCUT2D eigenvalue weighted by Crippen LogP contribution is -2.36. The summed E-state index contributed by atoms with van der Waals surface area (Å²) < 4.78 is 10.7. The van der Waals surface area contributed by atoms with E-state index in [0.29, 0.717) is 32.8 Å². The van der Waals surface area contributed by atoms with Crippen LogP contribution in [0, 0.1) is 0 Å². The summed E-state index contributed by atoms with van der Waals surface area (Å²) in [5, 5.41) is 3.03. The van der Waals surface area contributed by atoms with Crippen LogP contribution in [0.5, 0.6) is 0 Å².